The molecule has 0 aromatic rings. The van der Waals surface area contributed by atoms with Gasteiger partial charge in [0, 0.05) is 19.7 Å². The Hall–Kier alpha value is -0.160. The first-order chi connectivity index (χ1) is 7.45. The van der Waals surface area contributed by atoms with Gasteiger partial charge in [0.2, 0.25) is 0 Å². The molecule has 2 rings (SSSR count). The second-order valence-corrected chi connectivity index (χ2v) is 4.33. The van der Waals surface area contributed by atoms with Crippen LogP contribution in [0, 0.1) is 5.92 Å². The molecular weight excluding hydrogens is 194 g/mol. The number of rotatable bonds is 7. The first-order valence-corrected chi connectivity index (χ1v) is 5.93. The van der Waals surface area contributed by atoms with E-state index in [9.17, 15) is 0 Å². The predicted molar refractivity (Wildman–Crippen MR) is 56.7 cm³/mol. The molecule has 0 bridgehead atoms. The maximum Gasteiger partial charge on any atom is 0.147 e. The van der Waals surface area contributed by atoms with E-state index in [0.717, 1.165) is 45.2 Å². The highest BCUT2D eigenvalue weighted by molar-refractivity contribution is 4.72. The number of nitrogens with one attached hydrogen (secondary N) is 1. The van der Waals surface area contributed by atoms with E-state index >= 15 is 0 Å². The van der Waals surface area contributed by atoms with Crippen LogP contribution in [0.15, 0.2) is 0 Å². The van der Waals surface area contributed by atoms with Gasteiger partial charge in [-0.3, -0.25) is 0 Å². The monoisotopic (exact) mass is 215 g/mol. The van der Waals surface area contributed by atoms with Gasteiger partial charge in [0.05, 0.1) is 19.3 Å². The maximum atomic E-state index is 5.52. The van der Waals surface area contributed by atoms with Crippen molar-refractivity contribution in [1.82, 2.24) is 5.32 Å². The van der Waals surface area contributed by atoms with Crippen molar-refractivity contribution in [2.45, 2.75) is 25.4 Å². The molecule has 1 N–H and O–H groups in total. The third-order valence-corrected chi connectivity index (χ3v) is 2.82. The van der Waals surface area contributed by atoms with Crippen molar-refractivity contribution in [3.05, 3.63) is 0 Å². The summed E-state index contributed by atoms with van der Waals surface area (Å²) >= 11 is 0. The van der Waals surface area contributed by atoms with Crippen LogP contribution in [0.3, 0.4) is 0 Å². The highest BCUT2D eigenvalue weighted by Crippen LogP contribution is 2.28. The molecule has 0 spiro atoms. The van der Waals surface area contributed by atoms with Gasteiger partial charge >= 0.3 is 0 Å². The first-order valence-electron chi connectivity index (χ1n) is 5.93. The highest BCUT2D eigenvalue weighted by Gasteiger charge is 2.20. The van der Waals surface area contributed by atoms with Crippen LogP contribution in [0.1, 0.15) is 19.3 Å². The van der Waals surface area contributed by atoms with Gasteiger partial charge in [-0.15, -0.1) is 0 Å². The van der Waals surface area contributed by atoms with E-state index in [0.29, 0.717) is 12.9 Å². The zero-order chi connectivity index (χ0) is 10.3. The molecule has 1 aliphatic carbocycles. The lowest BCUT2D eigenvalue weighted by atomic mass is 10.2. The Balaban J connectivity index is 1.37. The van der Waals surface area contributed by atoms with Crippen LogP contribution in [-0.2, 0) is 14.2 Å². The Morgan fingerprint density at radius 1 is 1.27 bits per heavy atom. The lowest BCUT2D eigenvalue weighted by Crippen LogP contribution is -2.35. The van der Waals surface area contributed by atoms with Gasteiger partial charge in [-0.05, 0) is 25.2 Å². The quantitative estimate of drug-likeness (QED) is 0.637. The minimum atomic E-state index is 0.321. The first kappa shape index (κ1) is 11.3. The summed E-state index contributed by atoms with van der Waals surface area (Å²) in [5.41, 5.74) is 0. The Labute approximate surface area is 91.3 Å². The summed E-state index contributed by atoms with van der Waals surface area (Å²) in [7, 11) is 0. The topological polar surface area (TPSA) is 39.7 Å². The number of hydrogen-bond acceptors (Lipinski definition) is 4. The van der Waals surface area contributed by atoms with Crippen molar-refractivity contribution in [2.75, 3.05) is 39.7 Å². The molecule has 2 aliphatic rings. The second-order valence-electron chi connectivity index (χ2n) is 4.33. The summed E-state index contributed by atoms with van der Waals surface area (Å²) in [4.78, 5) is 0. The van der Waals surface area contributed by atoms with E-state index in [1.54, 1.807) is 0 Å². The molecule has 0 amide bonds. The fraction of sp³-hybridized carbons (Fsp3) is 1.00. The van der Waals surface area contributed by atoms with Gasteiger partial charge in [-0.1, -0.05) is 0 Å². The van der Waals surface area contributed by atoms with Crippen molar-refractivity contribution >= 4 is 0 Å². The summed E-state index contributed by atoms with van der Waals surface area (Å²) in [6.07, 6.45) is 4.05. The van der Waals surface area contributed by atoms with Gasteiger partial charge in [0.25, 0.3) is 0 Å². The van der Waals surface area contributed by atoms with E-state index in [-0.39, 0.29) is 0 Å². The number of hydrogen-bond donors (Lipinski definition) is 1. The second kappa shape index (κ2) is 6.43. The Morgan fingerprint density at radius 3 is 2.93 bits per heavy atom. The molecule has 15 heavy (non-hydrogen) atoms. The van der Waals surface area contributed by atoms with Gasteiger partial charge in [-0.25, -0.2) is 0 Å². The predicted octanol–water partition coefficient (Wildman–Crippen LogP) is 0.766. The van der Waals surface area contributed by atoms with Crippen LogP contribution >= 0.6 is 0 Å². The van der Waals surface area contributed by atoms with Gasteiger partial charge < -0.3 is 19.5 Å². The Morgan fingerprint density at radius 2 is 2.20 bits per heavy atom. The van der Waals surface area contributed by atoms with Crippen molar-refractivity contribution in [3.8, 4) is 0 Å². The van der Waals surface area contributed by atoms with E-state index in [1.165, 1.54) is 12.8 Å². The fourth-order valence-electron chi connectivity index (χ4n) is 1.60. The van der Waals surface area contributed by atoms with Crippen LogP contribution in [0.25, 0.3) is 0 Å². The summed E-state index contributed by atoms with van der Waals surface area (Å²) in [5, 5.41) is 3.34. The molecule has 2 fully saturated rings. The van der Waals surface area contributed by atoms with Crippen molar-refractivity contribution < 1.29 is 14.2 Å². The molecule has 1 atom stereocenters. The zero-order valence-electron chi connectivity index (χ0n) is 9.24. The van der Waals surface area contributed by atoms with Crippen molar-refractivity contribution in [2.24, 2.45) is 5.92 Å². The molecule has 1 saturated heterocycles. The lowest BCUT2D eigenvalue weighted by Gasteiger charge is -2.22. The van der Waals surface area contributed by atoms with Crippen molar-refractivity contribution in [1.29, 1.82) is 0 Å². The molecule has 1 aliphatic heterocycles. The molecule has 0 radical (unpaired) electrons. The molecule has 4 nitrogen and oxygen atoms in total. The van der Waals surface area contributed by atoms with Gasteiger partial charge in [0.15, 0.2) is 0 Å². The number of ether oxygens (including phenoxy) is 3. The summed E-state index contributed by atoms with van der Waals surface area (Å²) < 4.78 is 16.0. The van der Waals surface area contributed by atoms with Gasteiger partial charge in [0.1, 0.15) is 6.79 Å². The highest BCUT2D eigenvalue weighted by atomic mass is 16.7. The van der Waals surface area contributed by atoms with Crippen LogP contribution in [0.5, 0.6) is 0 Å². The maximum absolute atomic E-state index is 5.52. The lowest BCUT2D eigenvalue weighted by molar-refractivity contribution is -0.137. The minimum Gasteiger partial charge on any atom is -0.380 e. The van der Waals surface area contributed by atoms with Crippen LogP contribution in [0.2, 0.25) is 0 Å². The van der Waals surface area contributed by atoms with E-state index in [1.807, 2.05) is 0 Å². The summed E-state index contributed by atoms with van der Waals surface area (Å²) in [5.74, 6) is 0.865. The SMILES string of the molecule is C(COCC1CC1)NCC1CCOCO1. The van der Waals surface area contributed by atoms with Crippen LogP contribution in [-0.4, -0.2) is 45.8 Å². The Bertz CT molecular complexity index is 167. The molecule has 88 valence electrons. The average Bonchev–Trinajstić information content (AvgIpc) is 3.09. The van der Waals surface area contributed by atoms with Gasteiger partial charge in [-0.2, -0.15) is 0 Å². The molecule has 1 heterocycles. The minimum absolute atomic E-state index is 0.321. The molecule has 4 heteroatoms. The molecule has 0 aromatic heterocycles. The normalized spacial score (nSPS) is 26.8. The Kier molecular flexibility index (Phi) is 4.86. The van der Waals surface area contributed by atoms with Crippen molar-refractivity contribution in [3.63, 3.8) is 0 Å². The molecule has 0 aromatic carbocycles. The summed E-state index contributed by atoms with van der Waals surface area (Å²) in [6, 6.07) is 0. The molecule has 1 saturated carbocycles. The molecule has 1 unspecified atom stereocenters. The largest absolute Gasteiger partial charge is 0.380 e. The van der Waals surface area contributed by atoms with Crippen LogP contribution < -0.4 is 5.32 Å². The van der Waals surface area contributed by atoms with E-state index in [4.69, 9.17) is 14.2 Å². The summed E-state index contributed by atoms with van der Waals surface area (Å²) in [6.45, 7) is 4.88. The fourth-order valence-corrected chi connectivity index (χ4v) is 1.60. The third-order valence-electron chi connectivity index (χ3n) is 2.82. The van der Waals surface area contributed by atoms with E-state index < -0.39 is 0 Å². The average molecular weight is 215 g/mol. The van der Waals surface area contributed by atoms with Crippen LogP contribution in [0.4, 0.5) is 0 Å². The smallest absolute Gasteiger partial charge is 0.147 e. The standard InChI is InChI=1S/C11H21NO3/c1-2-10(1)8-13-6-4-12-7-11-3-5-14-9-15-11/h10-12H,1-9H2. The zero-order valence-corrected chi connectivity index (χ0v) is 9.24. The molecular formula is C11H21NO3. The van der Waals surface area contributed by atoms with E-state index in [2.05, 4.69) is 5.32 Å². The third kappa shape index (κ3) is 4.93.